The van der Waals surface area contributed by atoms with Gasteiger partial charge in [0.2, 0.25) is 5.91 Å². The number of carbonyl (C=O) groups is 3. The van der Waals surface area contributed by atoms with Crippen molar-refractivity contribution in [2.75, 3.05) is 10.6 Å². The molecule has 3 amide bonds. The van der Waals surface area contributed by atoms with Gasteiger partial charge in [-0.25, -0.2) is 4.98 Å². The Morgan fingerprint density at radius 1 is 0.704 bits per heavy atom. The summed E-state index contributed by atoms with van der Waals surface area (Å²) >= 11 is 2.82. The summed E-state index contributed by atoms with van der Waals surface area (Å²) in [6, 6.07) is 50.4. The van der Waals surface area contributed by atoms with Crippen LogP contribution >= 0.6 is 23.1 Å². The Bertz CT molecular complexity index is 2350. The summed E-state index contributed by atoms with van der Waals surface area (Å²) in [6.45, 7) is 0.429. The molecule has 3 N–H and O–H groups in total. The first-order valence-electron chi connectivity index (χ1n) is 17.1. The second-order valence-electron chi connectivity index (χ2n) is 12.1. The van der Waals surface area contributed by atoms with E-state index in [9.17, 15) is 14.4 Å². The number of fused-ring (bicyclic) bond motifs is 1. The van der Waals surface area contributed by atoms with Gasteiger partial charge in [0.05, 0.1) is 10.2 Å². The molecule has 1 heterocycles. The van der Waals surface area contributed by atoms with Crippen molar-refractivity contribution in [2.45, 2.75) is 16.8 Å². The lowest BCUT2D eigenvalue weighted by Gasteiger charge is -2.17. The Morgan fingerprint density at radius 3 is 2.06 bits per heavy atom. The predicted octanol–water partition coefficient (Wildman–Crippen LogP) is 9.76. The number of aromatic nitrogens is 1. The Kier molecular flexibility index (Phi) is 11.5. The maximum Gasteiger partial charge on any atom is 0.272 e. The van der Waals surface area contributed by atoms with Crippen LogP contribution in [0, 0.1) is 0 Å². The van der Waals surface area contributed by atoms with Crippen molar-refractivity contribution in [1.82, 2.24) is 10.3 Å². The van der Waals surface area contributed by atoms with Crippen LogP contribution in [0.4, 0.5) is 10.8 Å². The summed E-state index contributed by atoms with van der Waals surface area (Å²) in [6.07, 6.45) is 1.62. The summed E-state index contributed by atoms with van der Waals surface area (Å²) in [5.41, 5.74) is 4.43. The molecule has 266 valence electrons. The molecule has 0 aliphatic heterocycles. The first-order chi connectivity index (χ1) is 26.5. The van der Waals surface area contributed by atoms with Crippen molar-refractivity contribution >= 4 is 67.9 Å². The highest BCUT2D eigenvalue weighted by atomic mass is 32.2. The lowest BCUT2D eigenvalue weighted by atomic mass is 10.1. The predicted molar refractivity (Wildman–Crippen MR) is 217 cm³/mol. The molecule has 8 nitrogen and oxygen atoms in total. The number of thiazole rings is 1. The van der Waals surface area contributed by atoms with Gasteiger partial charge in [0.25, 0.3) is 11.8 Å². The number of thioether (sulfide) groups is 1. The van der Waals surface area contributed by atoms with Crippen molar-refractivity contribution in [3.8, 4) is 5.75 Å². The van der Waals surface area contributed by atoms with E-state index in [-0.39, 0.29) is 11.6 Å². The minimum atomic E-state index is -0.559. The van der Waals surface area contributed by atoms with Crippen LogP contribution in [0.2, 0.25) is 0 Å². The summed E-state index contributed by atoms with van der Waals surface area (Å²) in [5, 5.41) is 8.68. The monoisotopic (exact) mass is 746 g/mol. The van der Waals surface area contributed by atoms with Crippen molar-refractivity contribution in [3.05, 3.63) is 192 Å². The summed E-state index contributed by atoms with van der Waals surface area (Å²) in [7, 11) is 0. The fourth-order valence-corrected chi connectivity index (χ4v) is 7.35. The van der Waals surface area contributed by atoms with Crippen molar-refractivity contribution in [1.29, 1.82) is 0 Å². The molecule has 7 aromatic rings. The zero-order valence-corrected chi connectivity index (χ0v) is 30.5. The van der Waals surface area contributed by atoms with Gasteiger partial charge in [-0.2, -0.15) is 0 Å². The molecule has 6 aromatic carbocycles. The molecule has 0 bridgehead atoms. The van der Waals surface area contributed by atoms with E-state index in [2.05, 4.69) is 20.9 Å². The number of hydrogen-bond donors (Lipinski definition) is 3. The zero-order valence-electron chi connectivity index (χ0n) is 28.8. The minimum absolute atomic E-state index is 0.0657. The zero-order chi connectivity index (χ0) is 37.1. The molecular formula is C44H34N4O4S2. The first-order valence-corrected chi connectivity index (χ1v) is 18.8. The number of benzene rings is 6. The van der Waals surface area contributed by atoms with E-state index in [1.807, 2.05) is 127 Å². The second-order valence-corrected chi connectivity index (χ2v) is 14.3. The van der Waals surface area contributed by atoms with Gasteiger partial charge >= 0.3 is 0 Å². The van der Waals surface area contributed by atoms with E-state index >= 15 is 0 Å². The normalized spacial score (nSPS) is 11.7. The molecule has 1 unspecified atom stereocenters. The highest BCUT2D eigenvalue weighted by Gasteiger charge is 2.24. The van der Waals surface area contributed by atoms with Crippen LogP contribution in [-0.4, -0.2) is 22.7 Å². The van der Waals surface area contributed by atoms with Gasteiger partial charge < -0.3 is 20.7 Å². The van der Waals surface area contributed by atoms with Crippen LogP contribution in [-0.2, 0) is 16.2 Å². The highest BCUT2D eigenvalue weighted by molar-refractivity contribution is 8.00. The molecular weight excluding hydrogens is 713 g/mol. The van der Waals surface area contributed by atoms with E-state index in [0.29, 0.717) is 34.3 Å². The molecule has 1 atom stereocenters. The van der Waals surface area contributed by atoms with Crippen LogP contribution in [0.1, 0.15) is 32.3 Å². The van der Waals surface area contributed by atoms with E-state index in [1.54, 1.807) is 42.5 Å². The van der Waals surface area contributed by atoms with Gasteiger partial charge in [0.1, 0.15) is 23.3 Å². The highest BCUT2D eigenvalue weighted by Crippen LogP contribution is 2.37. The topological polar surface area (TPSA) is 109 Å². The molecule has 1 aromatic heterocycles. The number of carbonyl (C=O) groups excluding carboxylic acids is 3. The van der Waals surface area contributed by atoms with Crippen LogP contribution in [0.15, 0.2) is 174 Å². The average Bonchev–Trinajstić information content (AvgIpc) is 3.63. The molecule has 10 heteroatoms. The smallest absolute Gasteiger partial charge is 0.272 e. The molecule has 0 saturated heterocycles. The van der Waals surface area contributed by atoms with E-state index in [0.717, 1.165) is 26.2 Å². The van der Waals surface area contributed by atoms with Crippen LogP contribution < -0.4 is 20.7 Å². The summed E-state index contributed by atoms with van der Waals surface area (Å²) < 4.78 is 6.91. The second kappa shape index (κ2) is 17.4. The average molecular weight is 747 g/mol. The van der Waals surface area contributed by atoms with Crippen LogP contribution in [0.3, 0.4) is 0 Å². The van der Waals surface area contributed by atoms with E-state index in [4.69, 9.17) is 4.74 Å². The Balaban J connectivity index is 1.05. The maximum atomic E-state index is 13.7. The quantitative estimate of drug-likeness (QED) is 0.0801. The van der Waals surface area contributed by atoms with Crippen LogP contribution in [0.5, 0.6) is 5.75 Å². The van der Waals surface area contributed by atoms with Gasteiger partial charge in [-0.05, 0) is 83.4 Å². The SMILES string of the molecule is O=C(Nc1ccc(SC(C(=O)Nc2nc3ccccc3s2)c2ccccc2)cc1)/C(=C/c1ccc(OCc2ccccc2)cc1)NC(=O)c1ccccc1. The molecule has 0 aliphatic carbocycles. The number of ether oxygens (including phenoxy) is 1. The van der Waals surface area contributed by atoms with Gasteiger partial charge in [-0.15, -0.1) is 11.8 Å². The van der Waals surface area contributed by atoms with Crippen molar-refractivity contribution < 1.29 is 19.1 Å². The number of anilines is 2. The number of nitrogens with zero attached hydrogens (tertiary/aromatic N) is 1. The lowest BCUT2D eigenvalue weighted by Crippen LogP contribution is -2.30. The molecule has 0 radical (unpaired) electrons. The molecule has 7 rings (SSSR count). The largest absolute Gasteiger partial charge is 0.489 e. The summed E-state index contributed by atoms with van der Waals surface area (Å²) in [5.74, 6) is -0.427. The third-order valence-electron chi connectivity index (χ3n) is 8.20. The molecule has 54 heavy (non-hydrogen) atoms. The van der Waals surface area contributed by atoms with Gasteiger partial charge in [-0.1, -0.05) is 114 Å². The maximum absolute atomic E-state index is 13.7. The van der Waals surface area contributed by atoms with Crippen molar-refractivity contribution in [2.24, 2.45) is 0 Å². The molecule has 0 saturated carbocycles. The number of para-hydroxylation sites is 1. The first kappa shape index (κ1) is 35.9. The number of rotatable bonds is 13. The van der Waals surface area contributed by atoms with E-state index in [1.165, 1.54) is 23.1 Å². The Labute approximate surface area is 320 Å². The number of amides is 3. The van der Waals surface area contributed by atoms with E-state index < -0.39 is 17.1 Å². The fourth-order valence-electron chi connectivity index (χ4n) is 5.46. The van der Waals surface area contributed by atoms with Gasteiger partial charge in [-0.3, -0.25) is 14.4 Å². The molecule has 0 fully saturated rings. The summed E-state index contributed by atoms with van der Waals surface area (Å²) in [4.78, 5) is 45.9. The molecule has 0 spiro atoms. The lowest BCUT2D eigenvalue weighted by molar-refractivity contribution is -0.116. The standard InChI is InChI=1S/C44H34N4O4S2/c49-41(33-16-8-3-9-17-33)46-38(28-30-20-24-35(25-21-30)52-29-31-12-4-1-5-13-31)42(50)45-34-22-26-36(27-23-34)53-40(32-14-6-2-7-15-32)43(51)48-44-47-37-18-10-11-19-39(37)54-44/h1-28,40H,29H2,(H,45,50)(H,46,49)(H,47,48,51)/b38-28-. The fraction of sp³-hybridized carbons (Fsp3) is 0.0455. The van der Waals surface area contributed by atoms with Gasteiger partial charge in [0, 0.05) is 16.1 Å². The van der Waals surface area contributed by atoms with Gasteiger partial charge in [0.15, 0.2) is 5.13 Å². The Hall–Kier alpha value is -6.49. The third kappa shape index (κ3) is 9.48. The third-order valence-corrected chi connectivity index (χ3v) is 10.4. The minimum Gasteiger partial charge on any atom is -0.489 e. The van der Waals surface area contributed by atoms with Crippen molar-refractivity contribution in [3.63, 3.8) is 0 Å². The molecule has 0 aliphatic rings. The number of hydrogen-bond acceptors (Lipinski definition) is 7. The Morgan fingerprint density at radius 2 is 1.35 bits per heavy atom. The number of nitrogens with one attached hydrogen (secondary N) is 3. The van der Waals surface area contributed by atoms with Crippen LogP contribution in [0.25, 0.3) is 16.3 Å².